The Morgan fingerprint density at radius 1 is 1.06 bits per heavy atom. The Morgan fingerprint density at radius 2 is 1.92 bits per heavy atom. The number of halogens is 3. The molecule has 2 aromatic carbocycles. The number of nitrogens with one attached hydrogen (secondary N) is 1. The largest absolute Gasteiger partial charge is 0.405 e. The highest BCUT2D eigenvalue weighted by Gasteiger charge is 2.42. The lowest BCUT2D eigenvalue weighted by Gasteiger charge is -2.43. The smallest absolute Gasteiger partial charge is 0.282 e. The Morgan fingerprint density at radius 3 is 2.67 bits per heavy atom. The van der Waals surface area contributed by atoms with Crippen LogP contribution in [0.1, 0.15) is 61.7 Å². The van der Waals surface area contributed by atoms with E-state index in [2.05, 4.69) is 22.3 Å². The van der Waals surface area contributed by atoms with Crippen molar-refractivity contribution in [3.8, 4) is 0 Å². The second kappa shape index (κ2) is 14.7. The van der Waals surface area contributed by atoms with E-state index in [1.807, 2.05) is 65.2 Å². The molecule has 0 aliphatic carbocycles. The number of rotatable bonds is 13. The van der Waals surface area contributed by atoms with E-state index in [0.717, 1.165) is 84.1 Å². The Balaban J connectivity index is 1.15. The number of hydrogen-bond acceptors (Lipinski definition) is 7. The van der Waals surface area contributed by atoms with Crippen molar-refractivity contribution in [2.45, 2.75) is 69.3 Å². The maximum Gasteiger partial charge on any atom is 0.282 e. The molecule has 0 saturated carbocycles. The van der Waals surface area contributed by atoms with Gasteiger partial charge in [0.2, 0.25) is 0 Å². The number of alkyl halides is 3. The van der Waals surface area contributed by atoms with Crippen LogP contribution in [-0.2, 0) is 15.6 Å². The van der Waals surface area contributed by atoms with Crippen molar-refractivity contribution in [3.63, 3.8) is 0 Å². The van der Waals surface area contributed by atoms with E-state index in [9.17, 15) is 4.39 Å². The lowest BCUT2D eigenvalue weighted by atomic mass is 9.84. The van der Waals surface area contributed by atoms with Gasteiger partial charge in [0, 0.05) is 37.7 Å². The Hall–Kier alpha value is -3.29. The molecule has 2 radical (unpaired) electrons. The molecule has 254 valence electrons. The van der Waals surface area contributed by atoms with Crippen molar-refractivity contribution in [3.05, 3.63) is 83.8 Å². The molecule has 0 spiro atoms. The normalized spacial score (nSPS) is 22.5. The first kappa shape index (κ1) is 33.2. The third kappa shape index (κ3) is 7.32. The molecule has 2 aromatic heterocycles. The SMILES string of the molecule is C[C@@H]1Cc2c(ccc3c2cnn3C2CCCCO2)[C@@H](c2ccc(NC3CN(CCCF)C3)cn2)N1CC(F)(F)CO[Si]c1ccccc1. The number of anilines is 1. The summed E-state index contributed by atoms with van der Waals surface area (Å²) in [5, 5.41) is 10.2. The van der Waals surface area contributed by atoms with E-state index < -0.39 is 25.1 Å². The highest BCUT2D eigenvalue weighted by molar-refractivity contribution is 6.46. The van der Waals surface area contributed by atoms with Crippen LogP contribution in [-0.4, -0.2) is 98.4 Å². The van der Waals surface area contributed by atoms with Gasteiger partial charge in [0.05, 0.1) is 61.2 Å². The van der Waals surface area contributed by atoms with Gasteiger partial charge in [-0.05, 0) is 73.5 Å². The van der Waals surface area contributed by atoms with E-state index in [4.69, 9.17) is 19.2 Å². The van der Waals surface area contributed by atoms with Crippen molar-refractivity contribution in [1.82, 2.24) is 24.6 Å². The average molecular weight is 677 g/mol. The Bertz CT molecular complexity index is 1650. The molecule has 3 aliphatic heterocycles. The van der Waals surface area contributed by atoms with E-state index >= 15 is 8.78 Å². The van der Waals surface area contributed by atoms with Crippen LogP contribution in [0.2, 0.25) is 0 Å². The van der Waals surface area contributed by atoms with Crippen LogP contribution in [0, 0.1) is 0 Å². The molecular weight excluding hydrogens is 634 g/mol. The van der Waals surface area contributed by atoms with Gasteiger partial charge in [-0.15, -0.1) is 0 Å². The molecule has 8 nitrogen and oxygen atoms in total. The van der Waals surface area contributed by atoms with Crippen LogP contribution < -0.4 is 10.5 Å². The van der Waals surface area contributed by atoms with E-state index in [0.29, 0.717) is 12.8 Å². The van der Waals surface area contributed by atoms with Crippen LogP contribution in [0.15, 0.2) is 67.0 Å². The molecule has 2 fully saturated rings. The first-order valence-electron chi connectivity index (χ1n) is 17.1. The van der Waals surface area contributed by atoms with Crippen molar-refractivity contribution in [1.29, 1.82) is 0 Å². The number of ether oxygens (including phenoxy) is 1. The summed E-state index contributed by atoms with van der Waals surface area (Å²) in [5.41, 5.74) is 4.71. The molecule has 2 saturated heterocycles. The van der Waals surface area contributed by atoms with E-state index in [1.54, 1.807) is 6.20 Å². The topological polar surface area (TPSA) is 67.7 Å². The zero-order valence-electron chi connectivity index (χ0n) is 27.3. The molecule has 4 aromatic rings. The van der Waals surface area contributed by atoms with Gasteiger partial charge < -0.3 is 14.5 Å². The highest BCUT2D eigenvalue weighted by atomic mass is 28.2. The molecule has 3 aliphatic rings. The summed E-state index contributed by atoms with van der Waals surface area (Å²) in [6.07, 6.45) is 7.87. The standard InChI is InChI=1S/C36H43F3N6O2Si/c1-25-18-30-29(12-14-33-31(30)20-41-45(33)34-10-5-6-17-46-34)35(44(25)23-36(38,39)24-47-48-28-8-3-2-4-9-28)32-13-11-26(19-40-32)42-27-21-43(22-27)16-7-15-37/h2-4,8-9,11-14,19-20,25,27,34-35,42H,5-7,10,15-18,21-24H2,1H3/t25-,34?,35+/m1/s1. The summed E-state index contributed by atoms with van der Waals surface area (Å²) in [5.74, 6) is -3.07. The monoisotopic (exact) mass is 676 g/mol. The van der Waals surface area contributed by atoms with Crippen molar-refractivity contribution in [2.75, 3.05) is 51.4 Å². The zero-order chi connectivity index (χ0) is 33.1. The fraction of sp³-hybridized carbons (Fsp3) is 0.500. The fourth-order valence-corrected chi connectivity index (χ4v) is 8.09. The number of hydrogen-bond donors (Lipinski definition) is 1. The number of nitrogens with zero attached hydrogens (tertiary/aromatic N) is 5. The average Bonchev–Trinajstić information content (AvgIpc) is 3.52. The molecule has 12 heteroatoms. The predicted molar refractivity (Wildman–Crippen MR) is 182 cm³/mol. The lowest BCUT2D eigenvalue weighted by molar-refractivity contribution is -0.0793. The molecule has 5 heterocycles. The van der Waals surface area contributed by atoms with Gasteiger partial charge in [-0.3, -0.25) is 19.2 Å². The number of benzene rings is 2. The zero-order valence-corrected chi connectivity index (χ0v) is 28.3. The van der Waals surface area contributed by atoms with Gasteiger partial charge in [-0.1, -0.05) is 36.4 Å². The molecule has 48 heavy (non-hydrogen) atoms. The number of fused-ring (bicyclic) bond motifs is 3. The fourth-order valence-electron chi connectivity index (χ4n) is 7.31. The second-order valence-electron chi connectivity index (χ2n) is 13.3. The minimum Gasteiger partial charge on any atom is -0.405 e. The van der Waals surface area contributed by atoms with Gasteiger partial charge in [-0.2, -0.15) is 5.10 Å². The predicted octanol–water partition coefficient (Wildman–Crippen LogP) is 5.52. The van der Waals surface area contributed by atoms with Crippen LogP contribution in [0.5, 0.6) is 0 Å². The summed E-state index contributed by atoms with van der Waals surface area (Å²) < 4.78 is 57.6. The molecule has 0 amide bonds. The summed E-state index contributed by atoms with van der Waals surface area (Å²) in [4.78, 5) is 8.99. The minimum atomic E-state index is -3.07. The van der Waals surface area contributed by atoms with Gasteiger partial charge in [-0.25, -0.2) is 13.5 Å². The molecule has 1 N–H and O–H groups in total. The van der Waals surface area contributed by atoms with Crippen molar-refractivity contribution in [2.24, 2.45) is 0 Å². The summed E-state index contributed by atoms with van der Waals surface area (Å²) in [6.45, 7) is 3.83. The number of likely N-dealkylation sites (tertiary alicyclic amines) is 1. The summed E-state index contributed by atoms with van der Waals surface area (Å²) in [6, 6.07) is 17.1. The molecule has 0 bridgehead atoms. The Kier molecular flexibility index (Phi) is 10.2. The molecule has 1 unspecified atom stereocenters. The van der Waals surface area contributed by atoms with Gasteiger partial charge in [0.25, 0.3) is 15.7 Å². The van der Waals surface area contributed by atoms with Gasteiger partial charge >= 0.3 is 0 Å². The third-order valence-electron chi connectivity index (χ3n) is 9.71. The molecular formula is C36H43F3N6O2Si. The quantitative estimate of drug-likeness (QED) is 0.187. The Labute approximate surface area is 282 Å². The van der Waals surface area contributed by atoms with Crippen molar-refractivity contribution >= 4 is 31.5 Å². The van der Waals surface area contributed by atoms with Gasteiger partial charge in [0.15, 0.2) is 6.23 Å². The van der Waals surface area contributed by atoms with E-state index in [1.165, 1.54) is 0 Å². The summed E-state index contributed by atoms with van der Waals surface area (Å²) >= 11 is 0. The molecule has 3 atom stereocenters. The van der Waals surface area contributed by atoms with E-state index in [-0.39, 0.29) is 34.7 Å². The first-order valence-corrected chi connectivity index (χ1v) is 18.0. The molecule has 7 rings (SSSR count). The highest BCUT2D eigenvalue weighted by Crippen LogP contribution is 2.42. The number of pyridine rings is 1. The van der Waals surface area contributed by atoms with Crippen LogP contribution >= 0.6 is 0 Å². The third-order valence-corrected chi connectivity index (χ3v) is 10.6. The summed E-state index contributed by atoms with van der Waals surface area (Å²) in [7, 11) is -0.144. The second-order valence-corrected chi connectivity index (χ2v) is 14.4. The van der Waals surface area contributed by atoms with Crippen LogP contribution in [0.4, 0.5) is 18.9 Å². The van der Waals surface area contributed by atoms with Gasteiger partial charge in [0.1, 0.15) is 0 Å². The van der Waals surface area contributed by atoms with Crippen LogP contribution in [0.3, 0.4) is 0 Å². The minimum absolute atomic E-state index is 0.0916. The maximum absolute atomic E-state index is 15.7. The lowest BCUT2D eigenvalue weighted by Crippen LogP contribution is -2.54. The van der Waals surface area contributed by atoms with Crippen molar-refractivity contribution < 1.29 is 22.3 Å². The number of aromatic nitrogens is 3. The maximum atomic E-state index is 15.7. The van der Waals surface area contributed by atoms with Crippen LogP contribution in [0.25, 0.3) is 10.9 Å². The first-order chi connectivity index (χ1) is 23.4.